The number of hydroxylamine groups is 1. The molecule has 2 saturated heterocycles. The van der Waals surface area contributed by atoms with Gasteiger partial charge in [-0.2, -0.15) is 5.48 Å². The van der Waals surface area contributed by atoms with E-state index in [2.05, 4.69) is 26.4 Å². The molecule has 4 rings (SSSR count). The van der Waals surface area contributed by atoms with Gasteiger partial charge in [0.2, 0.25) is 0 Å². The van der Waals surface area contributed by atoms with Crippen LogP contribution >= 0.6 is 27.3 Å². The second kappa shape index (κ2) is 3.99. The summed E-state index contributed by atoms with van der Waals surface area (Å²) in [7, 11) is 0. The normalized spacial score (nSPS) is 37.5. The average molecular weight is 331 g/mol. The Hall–Kier alpha value is -0.0100. The van der Waals surface area contributed by atoms with Crippen molar-refractivity contribution in [2.45, 2.75) is 36.8 Å². The third-order valence-electron chi connectivity index (χ3n) is 4.58. The molecule has 1 saturated carbocycles. The van der Waals surface area contributed by atoms with Gasteiger partial charge in [0.25, 0.3) is 0 Å². The fourth-order valence-corrected chi connectivity index (χ4v) is 4.78. The Kier molecular flexibility index (Phi) is 2.61. The first-order chi connectivity index (χ1) is 8.73. The molecule has 2 atom stereocenters. The molecule has 0 bridgehead atoms. The first kappa shape index (κ1) is 11.8. The molecule has 18 heavy (non-hydrogen) atoms. The Morgan fingerprint density at radius 2 is 2.39 bits per heavy atom. The molecular formula is C12H15BrN2O2S. The summed E-state index contributed by atoms with van der Waals surface area (Å²) in [6.45, 7) is 1.44. The molecule has 1 N–H and O–H groups in total. The summed E-state index contributed by atoms with van der Waals surface area (Å²) in [4.78, 5) is 10.1. The molecule has 3 fully saturated rings. The van der Waals surface area contributed by atoms with Crippen LogP contribution in [-0.4, -0.2) is 23.8 Å². The first-order valence-corrected chi connectivity index (χ1v) is 8.04. The highest BCUT2D eigenvalue weighted by molar-refractivity contribution is 9.10. The maximum Gasteiger partial charge on any atom is 0.123 e. The van der Waals surface area contributed by atoms with Crippen molar-refractivity contribution >= 4 is 27.3 Å². The summed E-state index contributed by atoms with van der Waals surface area (Å²) in [5, 5.41) is 3.10. The zero-order valence-electron chi connectivity index (χ0n) is 9.95. The molecule has 1 aromatic rings. The molecule has 3 aliphatic rings. The van der Waals surface area contributed by atoms with Crippen LogP contribution in [0.1, 0.15) is 30.7 Å². The number of aromatic nitrogens is 1. The molecule has 1 spiro atoms. The van der Waals surface area contributed by atoms with Crippen molar-refractivity contribution in [1.29, 1.82) is 0 Å². The van der Waals surface area contributed by atoms with Gasteiger partial charge in [-0.1, -0.05) is 0 Å². The van der Waals surface area contributed by atoms with Crippen molar-refractivity contribution in [3.05, 3.63) is 15.0 Å². The smallest absolute Gasteiger partial charge is 0.123 e. The Morgan fingerprint density at radius 1 is 1.50 bits per heavy atom. The molecule has 0 amide bonds. The maximum absolute atomic E-state index is 6.19. The predicted molar refractivity (Wildman–Crippen MR) is 71.2 cm³/mol. The number of fused-ring (bicyclic) bond motifs is 1. The van der Waals surface area contributed by atoms with E-state index >= 15 is 0 Å². The number of hydrogen-bond acceptors (Lipinski definition) is 5. The average Bonchev–Trinajstić information content (AvgIpc) is 2.92. The van der Waals surface area contributed by atoms with Gasteiger partial charge in [0.05, 0.1) is 18.8 Å². The topological polar surface area (TPSA) is 43.4 Å². The molecule has 1 aliphatic carbocycles. The van der Waals surface area contributed by atoms with Gasteiger partial charge in [-0.25, -0.2) is 4.98 Å². The van der Waals surface area contributed by atoms with E-state index in [0.29, 0.717) is 12.5 Å². The Morgan fingerprint density at radius 3 is 3.06 bits per heavy atom. The first-order valence-electron chi connectivity index (χ1n) is 6.37. The van der Waals surface area contributed by atoms with E-state index < -0.39 is 0 Å². The zero-order valence-corrected chi connectivity index (χ0v) is 12.3. The lowest BCUT2D eigenvalue weighted by atomic mass is 9.68. The molecule has 0 radical (unpaired) electrons. The monoisotopic (exact) mass is 330 g/mol. The Balaban J connectivity index is 1.67. The Labute approximate surface area is 118 Å². The van der Waals surface area contributed by atoms with E-state index in [4.69, 9.17) is 9.57 Å². The van der Waals surface area contributed by atoms with Crippen LogP contribution in [-0.2, 0) is 15.1 Å². The molecule has 0 aromatic carbocycles. The summed E-state index contributed by atoms with van der Waals surface area (Å²) in [6, 6.07) is 0. The van der Waals surface area contributed by atoms with Gasteiger partial charge in [0.1, 0.15) is 15.1 Å². The van der Waals surface area contributed by atoms with Crippen LogP contribution in [0.15, 0.2) is 9.98 Å². The van der Waals surface area contributed by atoms with Gasteiger partial charge >= 0.3 is 0 Å². The lowest BCUT2D eigenvalue weighted by Crippen LogP contribution is -2.57. The molecule has 4 nitrogen and oxygen atoms in total. The highest BCUT2D eigenvalue weighted by Gasteiger charge is 2.57. The fourth-order valence-electron chi connectivity index (χ4n) is 3.31. The van der Waals surface area contributed by atoms with E-state index in [1.54, 1.807) is 11.3 Å². The molecule has 2 unspecified atom stereocenters. The number of rotatable bonds is 1. The third-order valence-corrected chi connectivity index (χ3v) is 6.31. The van der Waals surface area contributed by atoms with Crippen LogP contribution in [0.3, 0.4) is 0 Å². The number of halogens is 1. The predicted octanol–water partition coefficient (Wildman–Crippen LogP) is 2.59. The van der Waals surface area contributed by atoms with Crippen LogP contribution in [0.25, 0.3) is 0 Å². The van der Waals surface area contributed by atoms with Crippen molar-refractivity contribution in [2.75, 3.05) is 13.2 Å². The lowest BCUT2D eigenvalue weighted by Gasteiger charge is -2.51. The van der Waals surface area contributed by atoms with Crippen LogP contribution in [0.5, 0.6) is 0 Å². The standard InChI is InChI=1S/C12H15BrN2O2S/c13-9-6-18-10(14-9)12-7-16-11(2-1-3-11)4-8(12)5-17-15-12/h6,8,15H,1-5,7H2. The lowest BCUT2D eigenvalue weighted by molar-refractivity contribution is -0.173. The molecular weight excluding hydrogens is 316 g/mol. The van der Waals surface area contributed by atoms with Crippen molar-refractivity contribution in [3.63, 3.8) is 0 Å². The van der Waals surface area contributed by atoms with Crippen LogP contribution in [0.4, 0.5) is 0 Å². The third kappa shape index (κ3) is 1.56. The summed E-state index contributed by atoms with van der Waals surface area (Å²) >= 11 is 5.10. The van der Waals surface area contributed by atoms with Crippen molar-refractivity contribution in [3.8, 4) is 0 Å². The molecule has 1 aromatic heterocycles. The van der Waals surface area contributed by atoms with E-state index in [1.165, 1.54) is 19.3 Å². The summed E-state index contributed by atoms with van der Waals surface area (Å²) < 4.78 is 7.09. The zero-order chi connectivity index (χ0) is 12.2. The Bertz CT molecular complexity index is 476. The molecule has 2 aliphatic heterocycles. The van der Waals surface area contributed by atoms with Gasteiger partial charge in [-0.05, 0) is 41.6 Å². The van der Waals surface area contributed by atoms with Crippen molar-refractivity contribution < 1.29 is 9.57 Å². The van der Waals surface area contributed by atoms with Crippen LogP contribution in [0, 0.1) is 5.92 Å². The van der Waals surface area contributed by atoms with E-state index in [-0.39, 0.29) is 11.1 Å². The van der Waals surface area contributed by atoms with E-state index in [9.17, 15) is 0 Å². The van der Waals surface area contributed by atoms with Crippen molar-refractivity contribution in [2.24, 2.45) is 5.92 Å². The van der Waals surface area contributed by atoms with Crippen molar-refractivity contribution in [1.82, 2.24) is 10.5 Å². The number of nitrogens with one attached hydrogen (secondary N) is 1. The number of hydrogen-bond donors (Lipinski definition) is 1. The van der Waals surface area contributed by atoms with Gasteiger partial charge in [0.15, 0.2) is 0 Å². The SMILES string of the molecule is Brc1csc(C23COC4(CCC4)CC2CON3)n1. The molecule has 98 valence electrons. The number of nitrogens with zero attached hydrogens (tertiary/aromatic N) is 1. The summed E-state index contributed by atoms with van der Waals surface area (Å²) in [5.74, 6) is 0.476. The van der Waals surface area contributed by atoms with E-state index in [1.807, 2.05) is 5.38 Å². The minimum absolute atomic E-state index is 0.151. The molecule has 3 heterocycles. The van der Waals surface area contributed by atoms with Crippen LogP contribution < -0.4 is 5.48 Å². The fraction of sp³-hybridized carbons (Fsp3) is 0.750. The number of ether oxygens (including phenoxy) is 1. The summed E-state index contributed by atoms with van der Waals surface area (Å²) in [5.41, 5.74) is 3.12. The second-order valence-corrected chi connectivity index (χ2v) is 7.26. The van der Waals surface area contributed by atoms with E-state index in [0.717, 1.165) is 22.6 Å². The van der Waals surface area contributed by atoms with Crippen LogP contribution in [0.2, 0.25) is 0 Å². The highest BCUT2D eigenvalue weighted by Crippen LogP contribution is 2.51. The molecule has 6 heteroatoms. The summed E-state index contributed by atoms with van der Waals surface area (Å²) in [6.07, 6.45) is 4.82. The maximum atomic E-state index is 6.19. The second-order valence-electron chi connectivity index (χ2n) is 5.59. The van der Waals surface area contributed by atoms with Gasteiger partial charge in [0, 0.05) is 11.3 Å². The van der Waals surface area contributed by atoms with Gasteiger partial charge in [-0.3, -0.25) is 0 Å². The largest absolute Gasteiger partial charge is 0.373 e. The quantitative estimate of drug-likeness (QED) is 0.859. The minimum atomic E-state index is -0.225. The highest BCUT2D eigenvalue weighted by atomic mass is 79.9. The van der Waals surface area contributed by atoms with Gasteiger partial charge < -0.3 is 9.57 Å². The van der Waals surface area contributed by atoms with Gasteiger partial charge in [-0.15, -0.1) is 11.3 Å². The number of thiazole rings is 1. The minimum Gasteiger partial charge on any atom is -0.373 e.